The van der Waals surface area contributed by atoms with E-state index in [1.54, 1.807) is 23.5 Å². The van der Waals surface area contributed by atoms with E-state index in [0.717, 1.165) is 17.8 Å². The average Bonchev–Trinajstić information content (AvgIpc) is 2.77. The number of aromatic nitrogens is 1. The van der Waals surface area contributed by atoms with Gasteiger partial charge in [-0.1, -0.05) is 6.07 Å². The summed E-state index contributed by atoms with van der Waals surface area (Å²) in [5.41, 5.74) is 3.83. The van der Waals surface area contributed by atoms with Crippen LogP contribution < -0.4 is 5.32 Å². The molecule has 0 atom stereocenters. The van der Waals surface area contributed by atoms with Crippen LogP contribution in [-0.2, 0) is 13.1 Å². The number of halogens is 1. The Kier molecular flexibility index (Phi) is 4.03. The van der Waals surface area contributed by atoms with Crippen molar-refractivity contribution in [1.82, 2.24) is 10.3 Å². The third-order valence-corrected chi connectivity index (χ3v) is 3.55. The van der Waals surface area contributed by atoms with Crippen molar-refractivity contribution in [2.45, 2.75) is 20.0 Å². The van der Waals surface area contributed by atoms with Crippen LogP contribution in [0.25, 0.3) is 0 Å². The first-order valence-electron chi connectivity index (χ1n) is 5.49. The predicted octanol–water partition coefficient (Wildman–Crippen LogP) is 2.75. The summed E-state index contributed by atoms with van der Waals surface area (Å²) < 4.78 is 13.1. The molecule has 0 saturated heterocycles. The molecule has 0 aliphatic carbocycles. The molecule has 0 bridgehead atoms. The number of hydrogen-bond acceptors (Lipinski definition) is 4. The molecule has 1 aromatic carbocycles. The molecule has 1 aromatic heterocycles. The van der Waals surface area contributed by atoms with Crippen molar-refractivity contribution in [3.05, 3.63) is 51.2 Å². The monoisotopic (exact) mass is 261 g/mol. The Balaban J connectivity index is 1.95. The second kappa shape index (κ2) is 5.71. The number of nitrogens with one attached hydrogen (secondary N) is 1. The number of nitriles is 1. The molecule has 0 amide bonds. The van der Waals surface area contributed by atoms with Crippen molar-refractivity contribution in [2.24, 2.45) is 0 Å². The maximum atomic E-state index is 13.1. The Morgan fingerprint density at radius 2 is 2.28 bits per heavy atom. The summed E-state index contributed by atoms with van der Waals surface area (Å²) in [4.78, 5) is 5.36. The van der Waals surface area contributed by atoms with Crippen molar-refractivity contribution in [1.29, 1.82) is 5.26 Å². The van der Waals surface area contributed by atoms with Gasteiger partial charge >= 0.3 is 0 Å². The van der Waals surface area contributed by atoms with Gasteiger partial charge in [-0.25, -0.2) is 9.37 Å². The summed E-state index contributed by atoms with van der Waals surface area (Å²) in [7, 11) is 0. The lowest BCUT2D eigenvalue weighted by Gasteiger charge is -2.04. The first-order valence-corrected chi connectivity index (χ1v) is 6.37. The molecule has 0 saturated carbocycles. The van der Waals surface area contributed by atoms with E-state index in [-0.39, 0.29) is 5.56 Å². The summed E-state index contributed by atoms with van der Waals surface area (Å²) in [6.07, 6.45) is 0. The van der Waals surface area contributed by atoms with E-state index < -0.39 is 5.82 Å². The van der Waals surface area contributed by atoms with E-state index in [4.69, 9.17) is 5.26 Å². The second-order valence-corrected chi connectivity index (χ2v) is 4.83. The van der Waals surface area contributed by atoms with E-state index >= 15 is 0 Å². The lowest BCUT2D eigenvalue weighted by molar-refractivity contribution is 0.621. The predicted molar refractivity (Wildman–Crippen MR) is 68.5 cm³/mol. The van der Waals surface area contributed by atoms with Crippen LogP contribution in [0.5, 0.6) is 0 Å². The van der Waals surface area contributed by atoms with Crippen LogP contribution in [0.4, 0.5) is 4.39 Å². The van der Waals surface area contributed by atoms with Crippen molar-refractivity contribution in [2.75, 3.05) is 0 Å². The zero-order valence-electron chi connectivity index (χ0n) is 9.90. The summed E-state index contributed by atoms with van der Waals surface area (Å²) in [6, 6.07) is 6.42. The lowest BCUT2D eigenvalue weighted by Crippen LogP contribution is -2.12. The van der Waals surface area contributed by atoms with Crippen LogP contribution in [-0.4, -0.2) is 4.98 Å². The highest BCUT2D eigenvalue weighted by Crippen LogP contribution is 2.12. The summed E-state index contributed by atoms with van der Waals surface area (Å²) in [5.74, 6) is -0.473. The van der Waals surface area contributed by atoms with Gasteiger partial charge in [0.1, 0.15) is 11.9 Å². The highest BCUT2D eigenvalue weighted by atomic mass is 32.1. The van der Waals surface area contributed by atoms with Gasteiger partial charge < -0.3 is 5.32 Å². The zero-order chi connectivity index (χ0) is 13.0. The number of aryl methyl sites for hydroxylation is 1. The van der Waals surface area contributed by atoms with Gasteiger partial charge in [0.25, 0.3) is 0 Å². The molecule has 92 valence electrons. The summed E-state index contributed by atoms with van der Waals surface area (Å²) >= 11 is 1.61. The first kappa shape index (κ1) is 12.7. The van der Waals surface area contributed by atoms with E-state index in [2.05, 4.69) is 10.3 Å². The van der Waals surface area contributed by atoms with Gasteiger partial charge in [-0.05, 0) is 24.6 Å². The Labute approximate surface area is 109 Å². The van der Waals surface area contributed by atoms with Crippen LogP contribution in [0.3, 0.4) is 0 Å². The minimum Gasteiger partial charge on any atom is -0.308 e. The van der Waals surface area contributed by atoms with Gasteiger partial charge in [0.15, 0.2) is 0 Å². The third kappa shape index (κ3) is 2.92. The Morgan fingerprint density at radius 3 is 2.94 bits per heavy atom. The van der Waals surface area contributed by atoms with Gasteiger partial charge in [-0.3, -0.25) is 0 Å². The fourth-order valence-corrected chi connectivity index (χ4v) is 2.33. The van der Waals surface area contributed by atoms with Crippen molar-refractivity contribution in [3.8, 4) is 6.07 Å². The van der Waals surface area contributed by atoms with Crippen LogP contribution in [0.1, 0.15) is 21.7 Å². The number of nitrogens with zero attached hydrogens (tertiary/aromatic N) is 2. The van der Waals surface area contributed by atoms with Crippen LogP contribution in [0, 0.1) is 24.1 Å². The van der Waals surface area contributed by atoms with Gasteiger partial charge in [-0.15, -0.1) is 11.3 Å². The SMILES string of the molecule is Cc1ncsc1CNCc1ccc(F)c(C#N)c1. The Bertz CT molecular complexity index is 586. The van der Waals surface area contributed by atoms with Crippen LogP contribution in [0.15, 0.2) is 23.7 Å². The lowest BCUT2D eigenvalue weighted by atomic mass is 10.1. The molecular weight excluding hydrogens is 249 g/mol. The highest BCUT2D eigenvalue weighted by molar-refractivity contribution is 7.09. The molecule has 0 fully saturated rings. The first-order chi connectivity index (χ1) is 8.70. The van der Waals surface area contributed by atoms with E-state index in [1.807, 2.05) is 18.5 Å². The van der Waals surface area contributed by atoms with Gasteiger partial charge in [-0.2, -0.15) is 5.26 Å². The largest absolute Gasteiger partial charge is 0.308 e. The van der Waals surface area contributed by atoms with Gasteiger partial charge in [0.05, 0.1) is 16.8 Å². The molecule has 1 heterocycles. The maximum Gasteiger partial charge on any atom is 0.140 e. The molecule has 0 radical (unpaired) electrons. The average molecular weight is 261 g/mol. The number of hydrogen-bond donors (Lipinski definition) is 1. The fraction of sp³-hybridized carbons (Fsp3) is 0.231. The molecule has 2 aromatic rings. The zero-order valence-corrected chi connectivity index (χ0v) is 10.7. The number of rotatable bonds is 4. The molecule has 0 aliphatic rings. The third-order valence-electron chi connectivity index (χ3n) is 2.61. The molecule has 1 N–H and O–H groups in total. The quantitative estimate of drug-likeness (QED) is 0.920. The normalized spacial score (nSPS) is 10.3. The molecule has 0 spiro atoms. The van der Waals surface area contributed by atoms with Gasteiger partial charge in [0, 0.05) is 18.0 Å². The topological polar surface area (TPSA) is 48.7 Å². The maximum absolute atomic E-state index is 13.1. The molecule has 18 heavy (non-hydrogen) atoms. The number of benzene rings is 1. The second-order valence-electron chi connectivity index (χ2n) is 3.89. The fourth-order valence-electron chi connectivity index (χ4n) is 1.58. The van der Waals surface area contributed by atoms with Gasteiger partial charge in [0.2, 0.25) is 0 Å². The molecule has 5 heteroatoms. The molecule has 0 unspecified atom stereocenters. The van der Waals surface area contributed by atoms with E-state index in [1.165, 1.54) is 10.9 Å². The molecule has 0 aliphatic heterocycles. The smallest absolute Gasteiger partial charge is 0.140 e. The summed E-state index contributed by atoms with van der Waals surface area (Å²) in [5, 5.41) is 12.0. The number of thiazole rings is 1. The van der Waals surface area contributed by atoms with Crippen LogP contribution >= 0.6 is 11.3 Å². The molecule has 3 nitrogen and oxygen atoms in total. The van der Waals surface area contributed by atoms with Crippen LogP contribution in [0.2, 0.25) is 0 Å². The highest BCUT2D eigenvalue weighted by Gasteiger charge is 2.04. The standard InChI is InChI=1S/C13H12FN3S/c1-9-13(18-8-17-9)7-16-6-10-2-3-12(14)11(4-10)5-15/h2-4,8,16H,6-7H2,1H3. The van der Waals surface area contributed by atoms with Crippen molar-refractivity contribution >= 4 is 11.3 Å². The van der Waals surface area contributed by atoms with E-state index in [0.29, 0.717) is 6.54 Å². The summed E-state index contributed by atoms with van der Waals surface area (Å²) in [6.45, 7) is 3.31. The Hall–Kier alpha value is -1.77. The molecule has 2 rings (SSSR count). The molecular formula is C13H12FN3S. The minimum atomic E-state index is -0.473. The Morgan fingerprint density at radius 1 is 1.44 bits per heavy atom. The minimum absolute atomic E-state index is 0.0864. The van der Waals surface area contributed by atoms with Crippen molar-refractivity contribution < 1.29 is 4.39 Å². The van der Waals surface area contributed by atoms with Crippen molar-refractivity contribution in [3.63, 3.8) is 0 Å². The van der Waals surface area contributed by atoms with E-state index in [9.17, 15) is 4.39 Å².